The standard InChI is InChI=1S/C23H26F3N3O4/c24-20(25)8-14-1-2-19-15(7-14)9-16(11-32-19)27-22(30)18-10-21-29(28-18)6-3-17(33-21)12-31-13-23(26)4-5-23/h1-2,7,10,16-17,20H,3-6,8-9,11-13H2,(H,27,30)/t16-,17?/m1/s1. The van der Waals surface area contributed by atoms with E-state index in [2.05, 4.69) is 10.4 Å². The van der Waals surface area contributed by atoms with Gasteiger partial charge in [0.15, 0.2) is 5.69 Å². The van der Waals surface area contributed by atoms with Gasteiger partial charge in [-0.1, -0.05) is 12.1 Å². The summed E-state index contributed by atoms with van der Waals surface area (Å²) in [7, 11) is 0. The first-order valence-corrected chi connectivity index (χ1v) is 11.2. The van der Waals surface area contributed by atoms with Gasteiger partial charge in [0.25, 0.3) is 5.91 Å². The maximum absolute atomic E-state index is 13.7. The summed E-state index contributed by atoms with van der Waals surface area (Å²) in [6, 6.07) is 6.32. The van der Waals surface area contributed by atoms with Gasteiger partial charge in [-0.25, -0.2) is 17.9 Å². The van der Waals surface area contributed by atoms with Crippen LogP contribution in [0.2, 0.25) is 0 Å². The zero-order valence-electron chi connectivity index (χ0n) is 18.1. The van der Waals surface area contributed by atoms with E-state index in [1.807, 2.05) is 0 Å². The van der Waals surface area contributed by atoms with Crippen molar-refractivity contribution in [2.75, 3.05) is 19.8 Å². The second-order valence-corrected chi connectivity index (χ2v) is 9.01. The summed E-state index contributed by atoms with van der Waals surface area (Å²) < 4.78 is 57.7. The molecule has 178 valence electrons. The highest BCUT2D eigenvalue weighted by atomic mass is 19.3. The van der Waals surface area contributed by atoms with Crippen molar-refractivity contribution in [3.8, 4) is 11.6 Å². The van der Waals surface area contributed by atoms with Crippen molar-refractivity contribution < 1.29 is 32.2 Å². The molecule has 1 unspecified atom stereocenters. The Labute approximate surface area is 189 Å². The molecule has 1 aliphatic carbocycles. The number of halogens is 3. The van der Waals surface area contributed by atoms with Gasteiger partial charge in [0.2, 0.25) is 12.3 Å². The number of hydrogen-bond acceptors (Lipinski definition) is 5. The Balaban J connectivity index is 1.16. The van der Waals surface area contributed by atoms with Crippen LogP contribution < -0.4 is 14.8 Å². The van der Waals surface area contributed by atoms with Crippen molar-refractivity contribution in [3.63, 3.8) is 0 Å². The van der Waals surface area contributed by atoms with Crippen molar-refractivity contribution >= 4 is 5.91 Å². The number of fused-ring (bicyclic) bond motifs is 2. The van der Waals surface area contributed by atoms with Crippen LogP contribution in [0.1, 0.15) is 40.9 Å². The van der Waals surface area contributed by atoms with E-state index in [9.17, 15) is 18.0 Å². The maximum atomic E-state index is 13.7. The van der Waals surface area contributed by atoms with E-state index < -0.39 is 12.1 Å². The van der Waals surface area contributed by atoms with E-state index in [1.165, 1.54) is 0 Å². The predicted molar refractivity (Wildman–Crippen MR) is 112 cm³/mol. The minimum Gasteiger partial charge on any atom is -0.491 e. The largest absolute Gasteiger partial charge is 0.491 e. The van der Waals surface area contributed by atoms with E-state index in [0.29, 0.717) is 56.0 Å². The average Bonchev–Trinajstić information content (AvgIpc) is 3.35. The van der Waals surface area contributed by atoms with Crippen LogP contribution in [0.5, 0.6) is 11.6 Å². The highest BCUT2D eigenvalue weighted by Crippen LogP contribution is 2.39. The smallest absolute Gasteiger partial charge is 0.272 e. The number of amides is 1. The minimum atomic E-state index is -2.41. The van der Waals surface area contributed by atoms with Gasteiger partial charge in [0.05, 0.1) is 19.3 Å². The monoisotopic (exact) mass is 465 g/mol. The number of nitrogens with one attached hydrogen (secondary N) is 1. The van der Waals surface area contributed by atoms with E-state index >= 15 is 0 Å². The van der Waals surface area contributed by atoms with Crippen molar-refractivity contribution in [3.05, 3.63) is 41.1 Å². The number of benzene rings is 1. The van der Waals surface area contributed by atoms with Crippen LogP contribution in [0, 0.1) is 0 Å². The molecule has 3 heterocycles. The van der Waals surface area contributed by atoms with Gasteiger partial charge in [-0.3, -0.25) is 4.79 Å². The number of carbonyl (C=O) groups is 1. The molecular formula is C23H26F3N3O4. The molecule has 0 radical (unpaired) electrons. The molecule has 1 aromatic heterocycles. The van der Waals surface area contributed by atoms with Crippen molar-refractivity contribution in [2.45, 2.75) is 62.9 Å². The summed E-state index contributed by atoms with van der Waals surface area (Å²) in [4.78, 5) is 12.8. The Morgan fingerprint density at radius 2 is 2.18 bits per heavy atom. The number of hydrogen-bond donors (Lipinski definition) is 1. The highest BCUT2D eigenvalue weighted by molar-refractivity contribution is 5.92. The summed E-state index contributed by atoms with van der Waals surface area (Å²) in [6.07, 6.45) is -0.692. The van der Waals surface area contributed by atoms with Gasteiger partial charge in [-0.15, -0.1) is 0 Å². The molecule has 0 saturated heterocycles. The van der Waals surface area contributed by atoms with Gasteiger partial charge >= 0.3 is 0 Å². The lowest BCUT2D eigenvalue weighted by Gasteiger charge is -2.26. The summed E-state index contributed by atoms with van der Waals surface area (Å²) in [6.45, 7) is 1.25. The minimum absolute atomic E-state index is 0.0933. The van der Waals surface area contributed by atoms with Crippen molar-refractivity contribution in [1.29, 1.82) is 0 Å². The predicted octanol–water partition coefficient (Wildman–Crippen LogP) is 3.09. The fourth-order valence-corrected chi connectivity index (χ4v) is 4.14. The maximum Gasteiger partial charge on any atom is 0.272 e. The first-order chi connectivity index (χ1) is 15.9. The lowest BCUT2D eigenvalue weighted by atomic mass is 9.99. The van der Waals surface area contributed by atoms with Crippen molar-refractivity contribution in [2.24, 2.45) is 0 Å². The Morgan fingerprint density at radius 1 is 1.33 bits per heavy atom. The SMILES string of the molecule is O=C(N[C@H]1COc2ccc(CC(F)F)cc2C1)c1cc2n(n1)CCC(COCC1(F)CC1)O2. The quantitative estimate of drug-likeness (QED) is 0.649. The van der Waals surface area contributed by atoms with Crippen LogP contribution in [0.3, 0.4) is 0 Å². The molecule has 33 heavy (non-hydrogen) atoms. The third-order valence-electron chi connectivity index (χ3n) is 6.14. The Bertz CT molecular complexity index is 1020. The van der Waals surface area contributed by atoms with E-state index in [1.54, 1.807) is 28.9 Å². The highest BCUT2D eigenvalue weighted by Gasteiger charge is 2.43. The lowest BCUT2D eigenvalue weighted by molar-refractivity contribution is 0.00133. The molecule has 2 aromatic rings. The number of aryl methyl sites for hydroxylation is 1. The van der Waals surface area contributed by atoms with Gasteiger partial charge in [0, 0.05) is 25.5 Å². The van der Waals surface area contributed by atoms with Gasteiger partial charge < -0.3 is 19.5 Å². The first kappa shape index (κ1) is 22.1. The molecule has 1 amide bonds. The van der Waals surface area contributed by atoms with Crippen LogP contribution in [0.15, 0.2) is 24.3 Å². The lowest BCUT2D eigenvalue weighted by Crippen LogP contribution is -2.43. The fourth-order valence-electron chi connectivity index (χ4n) is 4.14. The Hall–Kier alpha value is -2.75. The molecule has 5 rings (SSSR count). The van der Waals surface area contributed by atoms with Crippen LogP contribution in [0.25, 0.3) is 0 Å². The van der Waals surface area contributed by atoms with Crippen LogP contribution >= 0.6 is 0 Å². The molecule has 1 aromatic carbocycles. The second kappa shape index (κ2) is 8.89. The molecule has 7 nitrogen and oxygen atoms in total. The summed E-state index contributed by atoms with van der Waals surface area (Å²) in [5.74, 6) is 0.767. The molecule has 1 saturated carbocycles. The van der Waals surface area contributed by atoms with Gasteiger partial charge in [0.1, 0.15) is 24.1 Å². The molecule has 1 N–H and O–H groups in total. The molecule has 0 spiro atoms. The summed E-state index contributed by atoms with van der Waals surface area (Å²) in [5.41, 5.74) is 0.400. The molecule has 1 fully saturated rings. The van der Waals surface area contributed by atoms with Crippen LogP contribution in [-0.4, -0.2) is 59.7 Å². The van der Waals surface area contributed by atoms with Crippen LogP contribution in [0.4, 0.5) is 13.2 Å². The van der Waals surface area contributed by atoms with E-state index in [0.717, 1.165) is 5.56 Å². The Morgan fingerprint density at radius 3 is 2.97 bits per heavy atom. The number of nitrogens with zero attached hydrogens (tertiary/aromatic N) is 2. The number of aromatic nitrogens is 2. The normalized spacial score (nSPS) is 22.7. The second-order valence-electron chi connectivity index (χ2n) is 9.01. The topological polar surface area (TPSA) is 74.6 Å². The third-order valence-corrected chi connectivity index (χ3v) is 6.14. The Kier molecular flexibility index (Phi) is 5.94. The molecular weight excluding hydrogens is 439 g/mol. The van der Waals surface area contributed by atoms with E-state index in [4.69, 9.17) is 14.2 Å². The molecule has 2 aliphatic heterocycles. The van der Waals surface area contributed by atoms with Gasteiger partial charge in [-0.05, 0) is 36.5 Å². The molecule has 3 aliphatic rings. The molecule has 0 bridgehead atoms. The van der Waals surface area contributed by atoms with Crippen molar-refractivity contribution in [1.82, 2.24) is 15.1 Å². The van der Waals surface area contributed by atoms with E-state index in [-0.39, 0.29) is 43.4 Å². The number of carbonyl (C=O) groups excluding carboxylic acids is 1. The fraction of sp³-hybridized carbons (Fsp3) is 0.565. The zero-order chi connectivity index (χ0) is 23.0. The number of alkyl halides is 3. The third kappa shape index (κ3) is 5.26. The summed E-state index contributed by atoms with van der Waals surface area (Å²) in [5, 5.41) is 7.23. The number of rotatable bonds is 8. The van der Waals surface area contributed by atoms with Gasteiger partial charge in [-0.2, -0.15) is 5.10 Å². The average molecular weight is 465 g/mol. The zero-order valence-corrected chi connectivity index (χ0v) is 18.1. The van der Waals surface area contributed by atoms with Crippen LogP contribution in [-0.2, 0) is 24.1 Å². The molecule has 2 atom stereocenters. The first-order valence-electron chi connectivity index (χ1n) is 11.2. The number of ether oxygens (including phenoxy) is 3. The molecule has 10 heteroatoms. The summed E-state index contributed by atoms with van der Waals surface area (Å²) >= 11 is 0.